The van der Waals surface area contributed by atoms with Gasteiger partial charge in [-0.25, -0.2) is 0 Å². The van der Waals surface area contributed by atoms with Gasteiger partial charge in [-0.1, -0.05) is 6.07 Å². The van der Waals surface area contributed by atoms with E-state index in [0.29, 0.717) is 16.3 Å². The van der Waals surface area contributed by atoms with Crippen LogP contribution < -0.4 is 5.32 Å². The minimum Gasteiger partial charge on any atom is -0.444 e. The highest BCUT2D eigenvalue weighted by Crippen LogP contribution is 2.20. The minimum absolute atomic E-state index is 0.250. The Balaban J connectivity index is 1.93. The van der Waals surface area contributed by atoms with Crippen LogP contribution in [0.2, 0.25) is 0 Å². The summed E-state index contributed by atoms with van der Waals surface area (Å²) in [6, 6.07) is 7.22. The van der Waals surface area contributed by atoms with E-state index in [1.54, 1.807) is 29.7 Å². The maximum atomic E-state index is 12.1. The molecule has 6 nitrogen and oxygen atoms in total. The van der Waals surface area contributed by atoms with Crippen LogP contribution in [0.15, 0.2) is 39.5 Å². The maximum Gasteiger partial charge on any atom is 0.294 e. The Morgan fingerprint density at radius 1 is 1.42 bits per heavy atom. The lowest BCUT2D eigenvalue weighted by atomic mass is 10.3. The van der Waals surface area contributed by atoms with Crippen LogP contribution in [0.5, 0.6) is 0 Å². The fraction of sp³-hybridized carbons (Fsp3) is 0.0833. The second-order valence-corrected chi connectivity index (χ2v) is 4.75. The van der Waals surface area contributed by atoms with Gasteiger partial charge in [-0.3, -0.25) is 14.5 Å². The molecule has 0 atom stereocenters. The average Bonchev–Trinajstić information content (AvgIpc) is 2.94. The van der Waals surface area contributed by atoms with Crippen molar-refractivity contribution in [2.75, 3.05) is 5.32 Å². The molecule has 3 heterocycles. The number of amides is 1. The lowest BCUT2D eigenvalue weighted by Gasteiger charge is -2.01. The van der Waals surface area contributed by atoms with Gasteiger partial charge in [0.05, 0.1) is 0 Å². The lowest BCUT2D eigenvalue weighted by molar-refractivity contribution is 0.0993. The van der Waals surface area contributed by atoms with Crippen LogP contribution in [0, 0.1) is 6.92 Å². The molecule has 96 valence electrons. The minimum atomic E-state index is -0.360. The predicted octanol–water partition coefficient (Wildman–Crippen LogP) is 2.65. The van der Waals surface area contributed by atoms with E-state index in [1.165, 1.54) is 0 Å². The molecule has 0 radical (unpaired) electrons. The molecule has 0 aliphatic carbocycles. The largest absolute Gasteiger partial charge is 0.444 e. The molecule has 0 unspecified atom stereocenters. The maximum absolute atomic E-state index is 12.1. The van der Waals surface area contributed by atoms with E-state index in [4.69, 9.17) is 4.42 Å². The Hall–Kier alpha value is -2.15. The van der Waals surface area contributed by atoms with Crippen LogP contribution in [0.3, 0.4) is 0 Å². The summed E-state index contributed by atoms with van der Waals surface area (Å²) in [5.41, 5.74) is 1.41. The van der Waals surface area contributed by atoms with E-state index in [1.807, 2.05) is 12.1 Å². The summed E-state index contributed by atoms with van der Waals surface area (Å²) >= 11 is 3.19. The Morgan fingerprint density at radius 3 is 3.00 bits per heavy atom. The summed E-state index contributed by atoms with van der Waals surface area (Å²) in [4.78, 5) is 12.1. The lowest BCUT2D eigenvalue weighted by Crippen LogP contribution is -2.14. The van der Waals surface area contributed by atoms with Gasteiger partial charge in [0.25, 0.3) is 5.91 Å². The second-order valence-electron chi connectivity index (χ2n) is 3.97. The molecule has 3 rings (SSSR count). The number of anilines is 1. The molecule has 0 aliphatic rings. The van der Waals surface area contributed by atoms with Gasteiger partial charge < -0.3 is 4.42 Å². The van der Waals surface area contributed by atoms with Gasteiger partial charge in [0.15, 0.2) is 16.1 Å². The molecule has 0 aromatic carbocycles. The number of carbonyl (C=O) groups is 1. The standard InChI is InChI=1S/C12H9BrN4O2/c1-7-6-8(13)19-10(7)11(18)14-12-16-15-9-4-2-3-5-17(9)12/h2-6H,1H3,(H,14,16,18). The number of pyridine rings is 1. The Bertz CT molecular complexity index is 762. The van der Waals surface area contributed by atoms with E-state index < -0.39 is 0 Å². The van der Waals surface area contributed by atoms with Crippen molar-refractivity contribution in [3.05, 3.63) is 46.5 Å². The third-order valence-corrected chi connectivity index (χ3v) is 3.02. The number of halogens is 1. The summed E-state index contributed by atoms with van der Waals surface area (Å²) < 4.78 is 7.48. The van der Waals surface area contributed by atoms with Crippen molar-refractivity contribution < 1.29 is 9.21 Å². The molecule has 0 aliphatic heterocycles. The molecule has 3 aromatic rings. The number of aromatic nitrogens is 3. The number of hydrogen-bond acceptors (Lipinski definition) is 4. The van der Waals surface area contributed by atoms with Crippen molar-refractivity contribution in [3.63, 3.8) is 0 Å². The zero-order chi connectivity index (χ0) is 13.4. The van der Waals surface area contributed by atoms with Crippen LogP contribution in [-0.2, 0) is 0 Å². The van der Waals surface area contributed by atoms with Crippen LogP contribution in [0.1, 0.15) is 16.1 Å². The first kappa shape index (κ1) is 11.9. The number of hydrogen-bond donors (Lipinski definition) is 1. The molecule has 0 saturated carbocycles. The smallest absolute Gasteiger partial charge is 0.294 e. The fourth-order valence-electron chi connectivity index (χ4n) is 1.75. The molecule has 0 bridgehead atoms. The zero-order valence-electron chi connectivity index (χ0n) is 9.92. The molecule has 7 heteroatoms. The fourth-order valence-corrected chi connectivity index (χ4v) is 2.26. The molecular formula is C12H9BrN4O2. The van der Waals surface area contributed by atoms with E-state index >= 15 is 0 Å². The number of furan rings is 1. The number of nitrogens with zero attached hydrogens (tertiary/aromatic N) is 3. The second kappa shape index (κ2) is 4.51. The molecule has 1 amide bonds. The molecule has 0 saturated heterocycles. The summed E-state index contributed by atoms with van der Waals surface area (Å²) in [6.07, 6.45) is 1.77. The van der Waals surface area contributed by atoms with Crippen molar-refractivity contribution in [2.45, 2.75) is 6.92 Å². The van der Waals surface area contributed by atoms with E-state index in [2.05, 4.69) is 31.4 Å². The number of rotatable bonds is 2. The van der Waals surface area contributed by atoms with E-state index in [-0.39, 0.29) is 11.7 Å². The molecule has 3 aromatic heterocycles. The number of fused-ring (bicyclic) bond motifs is 1. The normalized spacial score (nSPS) is 10.8. The Morgan fingerprint density at radius 2 is 2.26 bits per heavy atom. The Labute approximate surface area is 116 Å². The topological polar surface area (TPSA) is 72.4 Å². The third-order valence-electron chi connectivity index (χ3n) is 2.63. The quantitative estimate of drug-likeness (QED) is 0.787. The van der Waals surface area contributed by atoms with Gasteiger partial charge in [0, 0.05) is 11.8 Å². The summed E-state index contributed by atoms with van der Waals surface area (Å²) in [6.45, 7) is 1.80. The van der Waals surface area contributed by atoms with Gasteiger partial charge >= 0.3 is 0 Å². The van der Waals surface area contributed by atoms with Crippen molar-refractivity contribution >= 4 is 33.4 Å². The number of carbonyl (C=O) groups excluding carboxylic acids is 1. The molecule has 1 N–H and O–H groups in total. The van der Waals surface area contributed by atoms with Gasteiger partial charge in [-0.15, -0.1) is 10.2 Å². The number of nitrogens with one attached hydrogen (secondary N) is 1. The van der Waals surface area contributed by atoms with Gasteiger partial charge in [-0.05, 0) is 41.1 Å². The molecule has 19 heavy (non-hydrogen) atoms. The highest BCUT2D eigenvalue weighted by atomic mass is 79.9. The van der Waals surface area contributed by atoms with Crippen LogP contribution >= 0.6 is 15.9 Å². The monoisotopic (exact) mass is 320 g/mol. The van der Waals surface area contributed by atoms with Crippen molar-refractivity contribution in [3.8, 4) is 0 Å². The van der Waals surface area contributed by atoms with E-state index in [0.717, 1.165) is 5.56 Å². The first-order valence-electron chi connectivity index (χ1n) is 5.52. The average molecular weight is 321 g/mol. The molecular weight excluding hydrogens is 312 g/mol. The summed E-state index contributed by atoms with van der Waals surface area (Å²) in [5.74, 6) is 0.244. The zero-order valence-corrected chi connectivity index (χ0v) is 11.5. The van der Waals surface area contributed by atoms with Gasteiger partial charge in [-0.2, -0.15) is 0 Å². The van der Waals surface area contributed by atoms with Crippen molar-refractivity contribution in [1.82, 2.24) is 14.6 Å². The van der Waals surface area contributed by atoms with Crippen molar-refractivity contribution in [2.24, 2.45) is 0 Å². The SMILES string of the molecule is Cc1cc(Br)oc1C(=O)Nc1nnc2ccccn12. The molecule has 0 spiro atoms. The first-order chi connectivity index (χ1) is 9.15. The summed E-state index contributed by atoms with van der Waals surface area (Å²) in [5, 5.41) is 10.5. The highest BCUT2D eigenvalue weighted by Gasteiger charge is 2.17. The van der Waals surface area contributed by atoms with Crippen molar-refractivity contribution in [1.29, 1.82) is 0 Å². The third kappa shape index (κ3) is 2.12. The molecule has 0 fully saturated rings. The van der Waals surface area contributed by atoms with Gasteiger partial charge in [0.1, 0.15) is 0 Å². The van der Waals surface area contributed by atoms with E-state index in [9.17, 15) is 4.79 Å². The van der Waals surface area contributed by atoms with Crippen LogP contribution in [-0.4, -0.2) is 20.5 Å². The summed E-state index contributed by atoms with van der Waals surface area (Å²) in [7, 11) is 0. The predicted molar refractivity (Wildman–Crippen MR) is 72.1 cm³/mol. The van der Waals surface area contributed by atoms with Crippen LogP contribution in [0.4, 0.5) is 5.95 Å². The van der Waals surface area contributed by atoms with Gasteiger partial charge in [0.2, 0.25) is 5.95 Å². The Kier molecular flexibility index (Phi) is 2.83. The van der Waals surface area contributed by atoms with Crippen LogP contribution in [0.25, 0.3) is 5.65 Å². The number of aryl methyl sites for hydroxylation is 1. The first-order valence-corrected chi connectivity index (χ1v) is 6.31. The highest BCUT2D eigenvalue weighted by molar-refractivity contribution is 9.10.